The molecule has 2 aromatic rings. The highest BCUT2D eigenvalue weighted by Crippen LogP contribution is 2.11. The van der Waals surface area contributed by atoms with E-state index in [9.17, 15) is 9.59 Å². The van der Waals surface area contributed by atoms with E-state index in [4.69, 9.17) is 0 Å². The molecule has 0 aliphatic rings. The molecule has 0 atom stereocenters. The van der Waals surface area contributed by atoms with E-state index in [0.717, 1.165) is 13.0 Å². The van der Waals surface area contributed by atoms with Crippen molar-refractivity contribution < 1.29 is 9.59 Å². The second kappa shape index (κ2) is 8.93. The Hall–Kier alpha value is -2.53. The Bertz CT molecular complexity index is 686. The van der Waals surface area contributed by atoms with Crippen molar-refractivity contribution in [2.24, 2.45) is 0 Å². The van der Waals surface area contributed by atoms with Crippen LogP contribution in [0.3, 0.4) is 0 Å². The highest BCUT2D eigenvalue weighted by atomic mass is 16.1. The molecule has 0 unspecified atom stereocenters. The van der Waals surface area contributed by atoms with Gasteiger partial charge in [0.15, 0.2) is 5.78 Å². The van der Waals surface area contributed by atoms with Crippen LogP contribution in [0.2, 0.25) is 0 Å². The minimum Gasteiger partial charge on any atom is -0.326 e. The molecule has 0 fully saturated rings. The summed E-state index contributed by atoms with van der Waals surface area (Å²) in [5.41, 5.74) is 2.50. The molecule has 1 N–H and O–H groups in total. The van der Waals surface area contributed by atoms with Crippen molar-refractivity contribution >= 4 is 17.4 Å². The van der Waals surface area contributed by atoms with Gasteiger partial charge >= 0.3 is 0 Å². The van der Waals surface area contributed by atoms with Crippen molar-refractivity contribution in [2.75, 3.05) is 25.5 Å². The maximum Gasteiger partial charge on any atom is 0.225 e. The molecule has 0 saturated heterocycles. The summed E-state index contributed by atoms with van der Waals surface area (Å²) in [5, 5.41) is 2.84. The fourth-order valence-corrected chi connectivity index (χ4v) is 2.31. The van der Waals surface area contributed by atoms with Gasteiger partial charge < -0.3 is 10.2 Å². The molecular weight excluding hydrogens is 302 g/mol. The number of rotatable bonds is 8. The highest BCUT2D eigenvalue weighted by Gasteiger charge is 2.07. The topological polar surface area (TPSA) is 62.3 Å². The summed E-state index contributed by atoms with van der Waals surface area (Å²) in [5.74, 6) is -0.0617. The molecule has 2 rings (SSSR count). The number of hydrogen-bond donors (Lipinski definition) is 1. The number of likely N-dealkylation sites (N-methyl/N-ethyl adjacent to an activating group) is 1. The van der Waals surface area contributed by atoms with Gasteiger partial charge in [-0.3, -0.25) is 14.6 Å². The summed E-state index contributed by atoms with van der Waals surface area (Å²) >= 11 is 0. The van der Waals surface area contributed by atoms with Gasteiger partial charge in [-0.1, -0.05) is 12.1 Å². The van der Waals surface area contributed by atoms with Crippen LogP contribution >= 0.6 is 0 Å². The van der Waals surface area contributed by atoms with Crippen LogP contribution in [0.25, 0.3) is 0 Å². The van der Waals surface area contributed by atoms with Gasteiger partial charge in [-0.25, -0.2) is 0 Å². The average Bonchev–Trinajstić information content (AvgIpc) is 2.59. The second-order valence-electron chi connectivity index (χ2n) is 5.84. The molecule has 0 radical (unpaired) electrons. The Labute approximate surface area is 142 Å². The van der Waals surface area contributed by atoms with Crippen molar-refractivity contribution in [2.45, 2.75) is 19.8 Å². The predicted octanol–water partition coefficient (Wildman–Crippen LogP) is 2.79. The Morgan fingerprint density at radius 3 is 2.58 bits per heavy atom. The quantitative estimate of drug-likeness (QED) is 0.758. The van der Waals surface area contributed by atoms with Crippen molar-refractivity contribution in [1.82, 2.24) is 9.88 Å². The van der Waals surface area contributed by atoms with Gasteiger partial charge in [0.2, 0.25) is 5.91 Å². The Kier molecular flexibility index (Phi) is 6.63. The lowest BCUT2D eigenvalue weighted by Gasteiger charge is -2.16. The van der Waals surface area contributed by atoms with E-state index in [1.807, 2.05) is 19.2 Å². The molecule has 1 amide bonds. The fourth-order valence-electron chi connectivity index (χ4n) is 2.31. The molecular formula is C19H23N3O2. The average molecular weight is 325 g/mol. The number of benzene rings is 1. The normalized spacial score (nSPS) is 10.6. The Morgan fingerprint density at radius 1 is 1.12 bits per heavy atom. The van der Waals surface area contributed by atoms with Crippen molar-refractivity contribution in [1.29, 1.82) is 0 Å². The zero-order chi connectivity index (χ0) is 17.4. The van der Waals surface area contributed by atoms with Crippen LogP contribution in [-0.4, -0.2) is 41.7 Å². The molecule has 126 valence electrons. The van der Waals surface area contributed by atoms with Crippen LogP contribution < -0.4 is 5.32 Å². The molecule has 24 heavy (non-hydrogen) atoms. The van der Waals surface area contributed by atoms with E-state index in [0.29, 0.717) is 24.2 Å². The number of Topliss-reactive ketones (excluding diaryl/α,β-unsaturated/α-hetero) is 1. The molecule has 1 aromatic carbocycles. The first kappa shape index (κ1) is 17.8. The molecule has 0 bridgehead atoms. The van der Waals surface area contributed by atoms with E-state index in [1.165, 1.54) is 12.5 Å². The zero-order valence-electron chi connectivity index (χ0n) is 14.2. The standard InChI is InChI=1S/C19H23N3O2/c1-15(23)17-4-3-5-18(14-17)21-19(24)9-13-22(2)12-8-16-6-10-20-11-7-16/h3-7,10-11,14H,8-9,12-13H2,1-2H3,(H,21,24). The fraction of sp³-hybridized carbons (Fsp3) is 0.316. The lowest BCUT2D eigenvalue weighted by atomic mass is 10.1. The lowest BCUT2D eigenvalue weighted by molar-refractivity contribution is -0.116. The third kappa shape index (κ3) is 5.93. The number of aromatic nitrogens is 1. The van der Waals surface area contributed by atoms with Gasteiger partial charge in [0.25, 0.3) is 0 Å². The van der Waals surface area contributed by atoms with Gasteiger partial charge in [0.1, 0.15) is 0 Å². The number of carbonyl (C=O) groups is 2. The van der Waals surface area contributed by atoms with Gasteiger partial charge in [-0.05, 0) is 50.2 Å². The van der Waals surface area contributed by atoms with E-state index < -0.39 is 0 Å². The van der Waals surface area contributed by atoms with Crippen LogP contribution in [0.4, 0.5) is 5.69 Å². The number of carbonyl (C=O) groups excluding carboxylic acids is 2. The summed E-state index contributed by atoms with van der Waals surface area (Å²) in [7, 11) is 2.00. The molecule has 0 aliphatic carbocycles. The smallest absolute Gasteiger partial charge is 0.225 e. The molecule has 0 spiro atoms. The molecule has 5 nitrogen and oxygen atoms in total. The molecule has 0 aliphatic heterocycles. The number of ketones is 1. The van der Waals surface area contributed by atoms with Crippen LogP contribution in [-0.2, 0) is 11.2 Å². The summed E-state index contributed by atoms with van der Waals surface area (Å²) in [6.07, 6.45) is 4.92. The third-order valence-corrected chi connectivity index (χ3v) is 3.80. The van der Waals surface area contributed by atoms with Gasteiger partial charge in [0, 0.05) is 43.2 Å². The Morgan fingerprint density at radius 2 is 1.88 bits per heavy atom. The third-order valence-electron chi connectivity index (χ3n) is 3.80. The zero-order valence-corrected chi connectivity index (χ0v) is 14.2. The number of nitrogens with one attached hydrogen (secondary N) is 1. The van der Waals surface area contributed by atoms with E-state index in [-0.39, 0.29) is 11.7 Å². The van der Waals surface area contributed by atoms with Crippen molar-refractivity contribution in [3.05, 3.63) is 59.9 Å². The SMILES string of the molecule is CC(=O)c1cccc(NC(=O)CCN(C)CCc2ccncc2)c1. The van der Waals surface area contributed by atoms with Crippen molar-refractivity contribution in [3.8, 4) is 0 Å². The predicted molar refractivity (Wildman–Crippen MR) is 95.1 cm³/mol. The van der Waals surface area contributed by atoms with Crippen LogP contribution in [0.5, 0.6) is 0 Å². The molecule has 1 aromatic heterocycles. The second-order valence-corrected chi connectivity index (χ2v) is 5.84. The lowest BCUT2D eigenvalue weighted by Crippen LogP contribution is -2.26. The maximum atomic E-state index is 12.0. The number of anilines is 1. The van der Waals surface area contributed by atoms with Gasteiger partial charge in [-0.2, -0.15) is 0 Å². The molecule has 5 heteroatoms. The summed E-state index contributed by atoms with van der Waals surface area (Å²) in [6.45, 7) is 3.08. The summed E-state index contributed by atoms with van der Waals surface area (Å²) in [6, 6.07) is 11.0. The van der Waals surface area contributed by atoms with E-state index in [2.05, 4.69) is 15.2 Å². The van der Waals surface area contributed by atoms with Gasteiger partial charge in [-0.15, -0.1) is 0 Å². The molecule has 0 saturated carbocycles. The van der Waals surface area contributed by atoms with Crippen LogP contribution in [0.15, 0.2) is 48.8 Å². The largest absolute Gasteiger partial charge is 0.326 e. The number of amides is 1. The Balaban J connectivity index is 1.74. The minimum absolute atomic E-state index is 0.0121. The summed E-state index contributed by atoms with van der Waals surface area (Å²) < 4.78 is 0. The van der Waals surface area contributed by atoms with Crippen LogP contribution in [0.1, 0.15) is 29.3 Å². The van der Waals surface area contributed by atoms with E-state index in [1.54, 1.807) is 36.7 Å². The number of pyridine rings is 1. The maximum absolute atomic E-state index is 12.0. The number of nitrogens with zero attached hydrogens (tertiary/aromatic N) is 2. The van der Waals surface area contributed by atoms with Crippen molar-refractivity contribution in [3.63, 3.8) is 0 Å². The first-order valence-corrected chi connectivity index (χ1v) is 8.03. The van der Waals surface area contributed by atoms with Gasteiger partial charge in [0.05, 0.1) is 0 Å². The monoisotopic (exact) mass is 325 g/mol. The first-order chi connectivity index (χ1) is 11.5. The van der Waals surface area contributed by atoms with E-state index >= 15 is 0 Å². The summed E-state index contributed by atoms with van der Waals surface area (Å²) in [4.78, 5) is 29.5. The number of hydrogen-bond acceptors (Lipinski definition) is 4. The molecule has 1 heterocycles. The minimum atomic E-state index is -0.0496. The first-order valence-electron chi connectivity index (χ1n) is 8.03. The highest BCUT2D eigenvalue weighted by molar-refractivity contribution is 5.97. The van der Waals surface area contributed by atoms with Crippen LogP contribution in [0, 0.1) is 0 Å².